The summed E-state index contributed by atoms with van der Waals surface area (Å²) in [5, 5.41) is 3.39. The molecule has 1 aromatic carbocycles. The molecule has 4 nitrogen and oxygen atoms in total. The molecule has 1 aliphatic carbocycles. The van der Waals surface area contributed by atoms with Gasteiger partial charge in [0.1, 0.15) is 0 Å². The van der Waals surface area contributed by atoms with Gasteiger partial charge in [0, 0.05) is 42.8 Å². The summed E-state index contributed by atoms with van der Waals surface area (Å²) >= 11 is 3.58. The Hall–Kier alpha value is -0.780. The Balaban J connectivity index is 1.82. The van der Waals surface area contributed by atoms with E-state index in [9.17, 15) is 0 Å². The maximum atomic E-state index is 6.21. The lowest BCUT2D eigenvalue weighted by Gasteiger charge is -2.31. The van der Waals surface area contributed by atoms with Crippen LogP contribution in [0.4, 0.5) is 0 Å². The molecule has 1 aromatic rings. The predicted molar refractivity (Wildman–Crippen MR) is 87.1 cm³/mol. The first kappa shape index (κ1) is 15.1. The van der Waals surface area contributed by atoms with E-state index < -0.39 is 0 Å². The molecule has 2 fully saturated rings. The smallest absolute Gasteiger partial charge is 0.166 e. The fourth-order valence-corrected chi connectivity index (χ4v) is 3.28. The lowest BCUT2D eigenvalue weighted by atomic mass is 9.96. The Bertz CT molecular complexity index is 485. The molecule has 0 aromatic heterocycles. The zero-order chi connectivity index (χ0) is 14.7. The summed E-state index contributed by atoms with van der Waals surface area (Å²) < 4.78 is 12.8. The third kappa shape index (κ3) is 3.71. The second-order valence-corrected chi connectivity index (χ2v) is 6.71. The van der Waals surface area contributed by atoms with E-state index >= 15 is 0 Å². The van der Waals surface area contributed by atoms with Crippen molar-refractivity contribution in [2.75, 3.05) is 33.3 Å². The van der Waals surface area contributed by atoms with Crippen LogP contribution in [0.2, 0.25) is 0 Å². The predicted octanol–water partition coefficient (Wildman–Crippen LogP) is 2.79. The van der Waals surface area contributed by atoms with Crippen molar-refractivity contribution < 1.29 is 9.47 Å². The molecule has 2 aliphatic rings. The van der Waals surface area contributed by atoms with Crippen LogP contribution in [0.15, 0.2) is 16.6 Å². The molecule has 0 bridgehead atoms. The quantitative estimate of drug-likeness (QED) is 0.881. The van der Waals surface area contributed by atoms with Gasteiger partial charge in [0.25, 0.3) is 0 Å². The van der Waals surface area contributed by atoms with Crippen LogP contribution in [0.1, 0.15) is 24.8 Å². The Morgan fingerprint density at radius 1 is 1.29 bits per heavy atom. The molecule has 0 amide bonds. The molecule has 0 atom stereocenters. The summed E-state index contributed by atoms with van der Waals surface area (Å²) in [6, 6.07) is 4.16. The maximum Gasteiger partial charge on any atom is 0.166 e. The van der Waals surface area contributed by atoms with Crippen LogP contribution < -0.4 is 14.8 Å². The summed E-state index contributed by atoms with van der Waals surface area (Å²) in [4.78, 5) is 2.46. The maximum absolute atomic E-state index is 6.21. The molecule has 0 radical (unpaired) electrons. The second-order valence-electron chi connectivity index (χ2n) is 5.79. The van der Waals surface area contributed by atoms with Crippen LogP contribution >= 0.6 is 15.9 Å². The van der Waals surface area contributed by atoms with Crippen LogP contribution in [0.5, 0.6) is 11.5 Å². The van der Waals surface area contributed by atoms with Crippen molar-refractivity contribution in [1.82, 2.24) is 10.2 Å². The van der Waals surface area contributed by atoms with Crippen molar-refractivity contribution in [3.63, 3.8) is 0 Å². The highest BCUT2D eigenvalue weighted by atomic mass is 79.9. The van der Waals surface area contributed by atoms with Crippen molar-refractivity contribution in [2.24, 2.45) is 0 Å². The van der Waals surface area contributed by atoms with Gasteiger partial charge in [0.05, 0.1) is 13.2 Å². The standard InChI is InChI=1S/C16H23BrN2O2/c1-20-15-10-13(17)9-12(11-19-7-5-18-6-8-19)16(15)21-14-3-2-4-14/h9-10,14,18H,2-8,11H2,1H3. The van der Waals surface area contributed by atoms with Crippen LogP contribution in [0.25, 0.3) is 0 Å². The van der Waals surface area contributed by atoms with E-state index in [0.29, 0.717) is 6.10 Å². The largest absolute Gasteiger partial charge is 0.493 e. The molecule has 1 aliphatic heterocycles. The van der Waals surface area contributed by atoms with Crippen molar-refractivity contribution in [3.05, 3.63) is 22.2 Å². The third-order valence-corrected chi connectivity index (χ3v) is 4.71. The number of nitrogens with one attached hydrogen (secondary N) is 1. The molecule has 3 rings (SSSR count). The monoisotopic (exact) mass is 354 g/mol. The van der Waals surface area contributed by atoms with Gasteiger partial charge >= 0.3 is 0 Å². The fourth-order valence-electron chi connectivity index (χ4n) is 2.79. The molecule has 0 spiro atoms. The molecule has 21 heavy (non-hydrogen) atoms. The summed E-state index contributed by atoms with van der Waals surface area (Å²) in [6.45, 7) is 5.20. The average Bonchev–Trinajstić information content (AvgIpc) is 2.45. The first-order chi connectivity index (χ1) is 10.3. The number of methoxy groups -OCH3 is 1. The third-order valence-electron chi connectivity index (χ3n) is 4.26. The molecular formula is C16H23BrN2O2. The number of benzene rings is 1. The minimum absolute atomic E-state index is 0.363. The van der Waals surface area contributed by atoms with Gasteiger partial charge in [-0.1, -0.05) is 15.9 Å². The van der Waals surface area contributed by atoms with E-state index in [-0.39, 0.29) is 0 Å². The van der Waals surface area contributed by atoms with Gasteiger partial charge in [-0.2, -0.15) is 0 Å². The van der Waals surface area contributed by atoms with Crippen molar-refractivity contribution in [1.29, 1.82) is 0 Å². The van der Waals surface area contributed by atoms with Crippen LogP contribution in [-0.4, -0.2) is 44.3 Å². The van der Waals surface area contributed by atoms with Crippen molar-refractivity contribution >= 4 is 15.9 Å². The molecule has 1 heterocycles. The normalized spacial score (nSPS) is 20.1. The van der Waals surface area contributed by atoms with Crippen molar-refractivity contribution in [2.45, 2.75) is 31.9 Å². The number of ether oxygens (including phenoxy) is 2. The van der Waals surface area contributed by atoms with Gasteiger partial charge < -0.3 is 14.8 Å². The summed E-state index contributed by atoms with van der Waals surface area (Å²) in [7, 11) is 1.71. The van der Waals surface area contributed by atoms with E-state index in [1.54, 1.807) is 7.11 Å². The summed E-state index contributed by atoms with van der Waals surface area (Å²) in [5.74, 6) is 1.77. The number of nitrogens with zero attached hydrogens (tertiary/aromatic N) is 1. The molecular weight excluding hydrogens is 332 g/mol. The molecule has 5 heteroatoms. The summed E-state index contributed by atoms with van der Waals surface area (Å²) in [6.07, 6.45) is 3.96. The Labute approximate surface area is 134 Å². The van der Waals surface area contributed by atoms with E-state index in [1.807, 2.05) is 6.07 Å². The lowest BCUT2D eigenvalue weighted by Crippen LogP contribution is -2.43. The Morgan fingerprint density at radius 2 is 2.05 bits per heavy atom. The van der Waals surface area contributed by atoms with Gasteiger partial charge in [0.15, 0.2) is 11.5 Å². The first-order valence-electron chi connectivity index (χ1n) is 7.72. The number of rotatable bonds is 5. The van der Waals surface area contributed by atoms with Crippen molar-refractivity contribution in [3.8, 4) is 11.5 Å². The molecule has 116 valence electrons. The fraction of sp³-hybridized carbons (Fsp3) is 0.625. The topological polar surface area (TPSA) is 33.7 Å². The second kappa shape index (κ2) is 6.99. The van der Waals surface area contributed by atoms with E-state index in [0.717, 1.165) is 61.5 Å². The van der Waals surface area contributed by atoms with E-state index in [1.165, 1.54) is 12.0 Å². The molecule has 0 unspecified atom stereocenters. The van der Waals surface area contributed by atoms with Crippen LogP contribution in [-0.2, 0) is 6.54 Å². The van der Waals surface area contributed by atoms with E-state index in [2.05, 4.69) is 32.2 Å². The minimum atomic E-state index is 0.363. The van der Waals surface area contributed by atoms with Gasteiger partial charge in [-0.3, -0.25) is 4.90 Å². The molecule has 1 saturated heterocycles. The summed E-state index contributed by atoms with van der Waals surface area (Å²) in [5.41, 5.74) is 1.22. The number of hydrogen-bond acceptors (Lipinski definition) is 4. The average molecular weight is 355 g/mol. The highest BCUT2D eigenvalue weighted by molar-refractivity contribution is 9.10. The zero-order valence-electron chi connectivity index (χ0n) is 12.5. The first-order valence-corrected chi connectivity index (χ1v) is 8.51. The van der Waals surface area contributed by atoms with Crippen LogP contribution in [0.3, 0.4) is 0 Å². The molecule has 1 saturated carbocycles. The van der Waals surface area contributed by atoms with Gasteiger partial charge in [0.2, 0.25) is 0 Å². The zero-order valence-corrected chi connectivity index (χ0v) is 14.1. The SMILES string of the molecule is COc1cc(Br)cc(CN2CCNCC2)c1OC1CCC1. The lowest BCUT2D eigenvalue weighted by molar-refractivity contribution is 0.112. The molecule has 1 N–H and O–H groups in total. The van der Waals surface area contributed by atoms with Gasteiger partial charge in [-0.25, -0.2) is 0 Å². The number of halogens is 1. The Morgan fingerprint density at radius 3 is 2.67 bits per heavy atom. The number of hydrogen-bond donors (Lipinski definition) is 1. The highest BCUT2D eigenvalue weighted by Crippen LogP contribution is 2.38. The minimum Gasteiger partial charge on any atom is -0.493 e. The van der Waals surface area contributed by atoms with E-state index in [4.69, 9.17) is 9.47 Å². The van der Waals surface area contributed by atoms with Gasteiger partial charge in [-0.15, -0.1) is 0 Å². The van der Waals surface area contributed by atoms with Crippen LogP contribution in [0, 0.1) is 0 Å². The Kier molecular flexibility index (Phi) is 5.03. The van der Waals surface area contributed by atoms with Gasteiger partial charge in [-0.05, 0) is 31.4 Å². The number of piperazine rings is 1. The highest BCUT2D eigenvalue weighted by Gasteiger charge is 2.24.